The Morgan fingerprint density at radius 3 is 2.73 bits per heavy atom. The summed E-state index contributed by atoms with van der Waals surface area (Å²) in [5.74, 6) is 0. The first kappa shape index (κ1) is 10.5. The highest BCUT2D eigenvalue weighted by Crippen LogP contribution is 2.15. The van der Waals surface area contributed by atoms with E-state index in [9.17, 15) is 0 Å². The molecule has 1 saturated heterocycles. The molecule has 3 heteroatoms. The Labute approximate surface area is 91.5 Å². The summed E-state index contributed by atoms with van der Waals surface area (Å²) in [6, 6.07) is 8.77. The van der Waals surface area contributed by atoms with E-state index in [1.807, 2.05) is 0 Å². The highest BCUT2D eigenvalue weighted by molar-refractivity contribution is 5.48. The Morgan fingerprint density at radius 2 is 2.07 bits per heavy atom. The van der Waals surface area contributed by atoms with Gasteiger partial charge in [0.2, 0.25) is 0 Å². The maximum Gasteiger partial charge on any atom is 0.0998 e. The SMILES string of the molecule is C[NH+]1CCN(c2cccc(C[NH3+])c2)CC1. The highest BCUT2D eigenvalue weighted by atomic mass is 15.2. The summed E-state index contributed by atoms with van der Waals surface area (Å²) < 4.78 is 0. The lowest BCUT2D eigenvalue weighted by atomic mass is 10.1. The van der Waals surface area contributed by atoms with Crippen LogP contribution in [0.2, 0.25) is 0 Å². The third-order valence-electron chi connectivity index (χ3n) is 3.18. The standard InChI is InChI=1S/C12H19N3/c1-14-5-7-15(8-6-14)12-4-2-3-11(9-12)10-13/h2-4,9H,5-8,10,13H2,1H3/p+2. The minimum Gasteiger partial charge on any atom is -0.360 e. The first-order valence-electron chi connectivity index (χ1n) is 5.74. The lowest BCUT2D eigenvalue weighted by Crippen LogP contribution is -3.12. The van der Waals surface area contributed by atoms with Gasteiger partial charge in [0.05, 0.1) is 39.8 Å². The van der Waals surface area contributed by atoms with Crippen LogP contribution < -0.4 is 15.5 Å². The summed E-state index contributed by atoms with van der Waals surface area (Å²) in [6.07, 6.45) is 0. The van der Waals surface area contributed by atoms with Gasteiger partial charge in [0.25, 0.3) is 0 Å². The molecule has 1 aliphatic heterocycles. The number of likely N-dealkylation sites (N-methyl/N-ethyl adjacent to an activating group) is 1. The zero-order valence-electron chi connectivity index (χ0n) is 9.50. The van der Waals surface area contributed by atoms with Crippen LogP contribution in [0.15, 0.2) is 24.3 Å². The molecule has 1 heterocycles. The van der Waals surface area contributed by atoms with E-state index in [4.69, 9.17) is 0 Å². The number of piperazine rings is 1. The van der Waals surface area contributed by atoms with Crippen molar-refractivity contribution in [1.29, 1.82) is 0 Å². The Hall–Kier alpha value is -1.06. The molecule has 0 amide bonds. The largest absolute Gasteiger partial charge is 0.360 e. The molecule has 0 saturated carbocycles. The fourth-order valence-corrected chi connectivity index (χ4v) is 2.06. The molecule has 3 nitrogen and oxygen atoms in total. The topological polar surface area (TPSA) is 35.3 Å². The van der Waals surface area contributed by atoms with E-state index in [2.05, 4.69) is 41.9 Å². The fraction of sp³-hybridized carbons (Fsp3) is 0.500. The lowest BCUT2D eigenvalue weighted by Gasteiger charge is -2.31. The van der Waals surface area contributed by atoms with Gasteiger partial charge in [-0.2, -0.15) is 0 Å². The molecule has 82 valence electrons. The average Bonchev–Trinajstić information content (AvgIpc) is 2.30. The van der Waals surface area contributed by atoms with E-state index in [0.717, 1.165) is 6.54 Å². The van der Waals surface area contributed by atoms with Gasteiger partial charge >= 0.3 is 0 Å². The smallest absolute Gasteiger partial charge is 0.0998 e. The minimum absolute atomic E-state index is 0.882. The number of hydrogen-bond acceptors (Lipinski definition) is 1. The molecule has 0 atom stereocenters. The molecule has 2 rings (SSSR count). The summed E-state index contributed by atoms with van der Waals surface area (Å²) in [5, 5.41) is 0. The summed E-state index contributed by atoms with van der Waals surface area (Å²) in [6.45, 7) is 5.72. The minimum atomic E-state index is 0.882. The van der Waals surface area contributed by atoms with Crippen LogP contribution in [0.3, 0.4) is 0 Å². The van der Waals surface area contributed by atoms with Crippen LogP contribution in [-0.2, 0) is 6.54 Å². The van der Waals surface area contributed by atoms with Crippen LogP contribution in [-0.4, -0.2) is 33.2 Å². The van der Waals surface area contributed by atoms with Crippen molar-refractivity contribution in [3.05, 3.63) is 29.8 Å². The van der Waals surface area contributed by atoms with Crippen molar-refractivity contribution in [1.82, 2.24) is 0 Å². The van der Waals surface area contributed by atoms with Gasteiger partial charge in [0.15, 0.2) is 0 Å². The van der Waals surface area contributed by atoms with Crippen LogP contribution in [0.4, 0.5) is 5.69 Å². The van der Waals surface area contributed by atoms with Crippen LogP contribution in [0, 0.1) is 0 Å². The Kier molecular flexibility index (Phi) is 3.23. The van der Waals surface area contributed by atoms with Crippen LogP contribution in [0.5, 0.6) is 0 Å². The molecule has 15 heavy (non-hydrogen) atoms. The zero-order chi connectivity index (χ0) is 10.7. The third kappa shape index (κ3) is 2.49. The number of nitrogens with zero attached hydrogens (tertiary/aromatic N) is 1. The normalized spacial score (nSPS) is 18.1. The van der Waals surface area contributed by atoms with E-state index in [1.54, 1.807) is 4.90 Å². The maximum atomic E-state index is 3.93. The maximum absolute atomic E-state index is 3.93. The first-order chi connectivity index (χ1) is 7.29. The van der Waals surface area contributed by atoms with Gasteiger partial charge in [-0.15, -0.1) is 0 Å². The summed E-state index contributed by atoms with van der Waals surface area (Å²) in [4.78, 5) is 4.12. The highest BCUT2D eigenvalue weighted by Gasteiger charge is 2.16. The number of anilines is 1. The van der Waals surface area contributed by atoms with Crippen LogP contribution in [0.1, 0.15) is 5.56 Å². The van der Waals surface area contributed by atoms with Crippen molar-refractivity contribution in [3.8, 4) is 0 Å². The van der Waals surface area contributed by atoms with Gasteiger partial charge in [-0.05, 0) is 12.1 Å². The van der Waals surface area contributed by atoms with Crippen molar-refractivity contribution >= 4 is 5.69 Å². The summed E-state index contributed by atoms with van der Waals surface area (Å²) in [7, 11) is 2.27. The number of nitrogens with one attached hydrogen (secondary N) is 1. The quantitative estimate of drug-likeness (QED) is 0.625. The first-order valence-corrected chi connectivity index (χ1v) is 5.74. The van der Waals surface area contributed by atoms with E-state index in [-0.39, 0.29) is 0 Å². The molecular weight excluding hydrogens is 186 g/mol. The second-order valence-corrected chi connectivity index (χ2v) is 4.36. The van der Waals surface area contributed by atoms with Gasteiger partial charge in [-0.3, -0.25) is 0 Å². The number of benzene rings is 1. The van der Waals surface area contributed by atoms with Crippen molar-refractivity contribution in [3.63, 3.8) is 0 Å². The molecule has 0 bridgehead atoms. The predicted octanol–water partition coefficient (Wildman–Crippen LogP) is -1.24. The predicted molar refractivity (Wildman–Crippen MR) is 61.9 cm³/mol. The molecule has 0 aliphatic carbocycles. The number of hydrogen-bond donors (Lipinski definition) is 2. The lowest BCUT2D eigenvalue weighted by molar-refractivity contribution is -0.880. The average molecular weight is 207 g/mol. The molecule has 1 fully saturated rings. The van der Waals surface area contributed by atoms with E-state index in [1.165, 1.54) is 37.4 Å². The fourth-order valence-electron chi connectivity index (χ4n) is 2.06. The molecule has 0 radical (unpaired) electrons. The van der Waals surface area contributed by atoms with Crippen molar-refractivity contribution in [2.45, 2.75) is 6.54 Å². The Balaban J connectivity index is 2.08. The second-order valence-electron chi connectivity index (χ2n) is 4.36. The molecule has 4 N–H and O–H groups in total. The molecule has 0 aromatic heterocycles. The third-order valence-corrected chi connectivity index (χ3v) is 3.18. The van der Waals surface area contributed by atoms with E-state index >= 15 is 0 Å². The molecular formula is C12H21N3+2. The molecule has 0 spiro atoms. The van der Waals surface area contributed by atoms with Gasteiger partial charge in [0, 0.05) is 11.3 Å². The number of rotatable bonds is 2. The monoisotopic (exact) mass is 207 g/mol. The molecule has 1 aliphatic rings. The van der Waals surface area contributed by atoms with Gasteiger partial charge in [0.1, 0.15) is 0 Å². The molecule has 1 aromatic carbocycles. The van der Waals surface area contributed by atoms with Crippen LogP contribution in [0.25, 0.3) is 0 Å². The Bertz CT molecular complexity index is 316. The van der Waals surface area contributed by atoms with E-state index in [0.29, 0.717) is 0 Å². The number of quaternary nitrogens is 2. The van der Waals surface area contributed by atoms with Gasteiger partial charge in [-0.25, -0.2) is 0 Å². The summed E-state index contributed by atoms with van der Waals surface area (Å²) in [5.41, 5.74) is 6.63. The second kappa shape index (κ2) is 4.64. The zero-order valence-corrected chi connectivity index (χ0v) is 9.50. The van der Waals surface area contributed by atoms with Crippen molar-refractivity contribution < 1.29 is 10.6 Å². The van der Waals surface area contributed by atoms with Gasteiger partial charge < -0.3 is 15.5 Å². The van der Waals surface area contributed by atoms with E-state index < -0.39 is 0 Å². The Morgan fingerprint density at radius 1 is 1.33 bits per heavy atom. The van der Waals surface area contributed by atoms with Crippen LogP contribution >= 0.6 is 0 Å². The van der Waals surface area contributed by atoms with Crippen molar-refractivity contribution in [2.75, 3.05) is 38.1 Å². The molecule has 0 unspecified atom stereocenters. The molecule has 1 aromatic rings. The summed E-state index contributed by atoms with van der Waals surface area (Å²) >= 11 is 0. The van der Waals surface area contributed by atoms with Gasteiger partial charge in [-0.1, -0.05) is 12.1 Å². The van der Waals surface area contributed by atoms with Crippen molar-refractivity contribution in [2.24, 2.45) is 0 Å².